The minimum atomic E-state index is -1.99. The summed E-state index contributed by atoms with van der Waals surface area (Å²) in [6.07, 6.45) is 2.03. The van der Waals surface area contributed by atoms with Crippen LogP contribution in [0.25, 0.3) is 22.3 Å². The predicted octanol–water partition coefficient (Wildman–Crippen LogP) is 1.83. The van der Waals surface area contributed by atoms with Gasteiger partial charge < -0.3 is 40.4 Å². The number of esters is 1. The van der Waals surface area contributed by atoms with E-state index in [1.807, 2.05) is 0 Å². The number of benzene rings is 1. The minimum Gasteiger partial charge on any atom is -0.458 e. The van der Waals surface area contributed by atoms with Gasteiger partial charge in [0.2, 0.25) is 35.4 Å². The summed E-state index contributed by atoms with van der Waals surface area (Å²) in [6.45, 7) is 9.11. The van der Waals surface area contributed by atoms with Gasteiger partial charge in [-0.2, -0.15) is 0 Å². The second kappa shape index (κ2) is 19.1. The van der Waals surface area contributed by atoms with E-state index >= 15 is 4.39 Å². The topological polar surface area (TPSA) is 244 Å². The number of aromatic nitrogens is 2. The van der Waals surface area contributed by atoms with Crippen LogP contribution in [0.5, 0.6) is 0 Å². The highest BCUT2D eigenvalue weighted by atomic mass is 19.1. The van der Waals surface area contributed by atoms with Gasteiger partial charge in [-0.1, -0.05) is 34.1 Å². The molecule has 5 N–H and O–H groups in total. The molecule has 0 radical (unpaired) electrons. The van der Waals surface area contributed by atoms with Crippen molar-refractivity contribution in [2.45, 2.75) is 117 Å². The molecule has 3 aliphatic rings. The van der Waals surface area contributed by atoms with Crippen LogP contribution in [0.15, 0.2) is 23.0 Å². The van der Waals surface area contributed by atoms with E-state index in [9.17, 15) is 43.5 Å². The van der Waals surface area contributed by atoms with E-state index in [0.29, 0.717) is 53.7 Å². The van der Waals surface area contributed by atoms with Crippen LogP contribution >= 0.6 is 0 Å². The summed E-state index contributed by atoms with van der Waals surface area (Å²) < 4.78 is 27.2. The lowest BCUT2D eigenvalue weighted by molar-refractivity contribution is -0.172. The zero-order valence-electron chi connectivity index (χ0n) is 36.3. The summed E-state index contributed by atoms with van der Waals surface area (Å²) in [5, 5.41) is 22.2. The number of unbranched alkanes of at least 4 members (excludes halogenated alkanes) is 2. The second-order valence-corrected chi connectivity index (χ2v) is 16.8. The third kappa shape index (κ3) is 9.63. The van der Waals surface area contributed by atoms with Gasteiger partial charge in [0, 0.05) is 54.4 Å². The molecule has 6 rings (SSSR count). The van der Waals surface area contributed by atoms with Crippen molar-refractivity contribution in [3.63, 3.8) is 0 Å². The van der Waals surface area contributed by atoms with Crippen molar-refractivity contribution in [2.24, 2.45) is 11.8 Å². The third-order valence-electron chi connectivity index (χ3n) is 12.0. The van der Waals surface area contributed by atoms with Crippen molar-refractivity contribution in [3.8, 4) is 11.4 Å². The van der Waals surface area contributed by atoms with Gasteiger partial charge in [-0.05, 0) is 62.3 Å². The van der Waals surface area contributed by atoms with Gasteiger partial charge in [0.1, 0.15) is 37.8 Å². The Labute approximate surface area is 362 Å². The summed E-state index contributed by atoms with van der Waals surface area (Å²) in [7, 11) is 0. The molecule has 0 spiro atoms. The van der Waals surface area contributed by atoms with Gasteiger partial charge in [0.15, 0.2) is 5.60 Å². The summed E-state index contributed by atoms with van der Waals surface area (Å²) in [5.74, 6) is -4.43. The Balaban J connectivity index is 0.965. The molecule has 3 aromatic rings. The fourth-order valence-corrected chi connectivity index (χ4v) is 8.11. The molecule has 1 fully saturated rings. The number of carbonyl (C=O) groups is 7. The Hall–Kier alpha value is -6.08. The fraction of sp³-hybridized carbons (Fsp3) is 0.523. The quantitative estimate of drug-likeness (QED) is 0.0416. The SMILES string of the molecule is CC[C@@]1(O)C(=O)OCc2c1cc1n(c2=O)Cc2cc3c(CNC(=O)COCNC(=O)[C@H](C)NC(=O)[C@@H](NC(=O)CCCCCN4C(=O)CC(C)C4=O)C(C)C)c(C)c(F)cc3nc2-1. The molecule has 338 valence electrons. The molecule has 3 aliphatic heterocycles. The number of nitrogens with one attached hydrogen (secondary N) is 4. The maximum absolute atomic E-state index is 15.3. The first-order valence-electron chi connectivity index (χ1n) is 21.2. The summed E-state index contributed by atoms with van der Waals surface area (Å²) in [6, 6.07) is 2.69. The first-order chi connectivity index (χ1) is 29.9. The number of hydrogen-bond acceptors (Lipinski definition) is 12. The minimum absolute atomic E-state index is 0.0123. The Bertz CT molecular complexity index is 2430. The van der Waals surface area contributed by atoms with E-state index in [-0.39, 0.29) is 97.5 Å². The largest absolute Gasteiger partial charge is 0.458 e. The van der Waals surface area contributed by atoms with Crippen LogP contribution in [0, 0.1) is 24.6 Å². The lowest BCUT2D eigenvalue weighted by Crippen LogP contribution is -2.54. The van der Waals surface area contributed by atoms with Crippen LogP contribution in [0.4, 0.5) is 4.39 Å². The van der Waals surface area contributed by atoms with Crippen molar-refractivity contribution in [2.75, 3.05) is 19.9 Å². The van der Waals surface area contributed by atoms with E-state index in [2.05, 4.69) is 21.3 Å². The monoisotopic (exact) mass is 875 g/mol. The number of hydrogen-bond donors (Lipinski definition) is 5. The molecule has 19 heteroatoms. The van der Waals surface area contributed by atoms with Gasteiger partial charge in [-0.25, -0.2) is 14.2 Å². The number of amides is 6. The van der Waals surface area contributed by atoms with Crippen molar-refractivity contribution in [3.05, 3.63) is 62.2 Å². The molecule has 1 unspecified atom stereocenters. The summed E-state index contributed by atoms with van der Waals surface area (Å²) >= 11 is 0. The van der Waals surface area contributed by atoms with Crippen LogP contribution in [0.3, 0.4) is 0 Å². The molecule has 4 atom stereocenters. The molecule has 2 aromatic heterocycles. The van der Waals surface area contributed by atoms with E-state index in [0.717, 1.165) is 0 Å². The Morgan fingerprint density at radius 2 is 1.76 bits per heavy atom. The molecule has 18 nitrogen and oxygen atoms in total. The molecule has 5 heterocycles. The lowest BCUT2D eigenvalue weighted by atomic mass is 9.86. The van der Waals surface area contributed by atoms with Gasteiger partial charge in [-0.15, -0.1) is 0 Å². The van der Waals surface area contributed by atoms with E-state index in [1.54, 1.807) is 46.8 Å². The molecule has 0 saturated carbocycles. The average Bonchev–Trinajstić information content (AvgIpc) is 3.72. The molecular weight excluding hydrogens is 822 g/mol. The highest BCUT2D eigenvalue weighted by Crippen LogP contribution is 2.39. The highest BCUT2D eigenvalue weighted by molar-refractivity contribution is 6.03. The normalized spacial score (nSPS) is 18.7. The van der Waals surface area contributed by atoms with Crippen molar-refractivity contribution in [1.29, 1.82) is 0 Å². The van der Waals surface area contributed by atoms with Crippen molar-refractivity contribution in [1.82, 2.24) is 35.7 Å². The zero-order chi connectivity index (χ0) is 45.9. The standard InChI is InChI=1S/C44H54FN7O11/c1-7-44(61)30-15-33-38-26(18-52(33)42(59)29(30)19-63-43(44)60)14-27-28(24(5)31(45)16-32(27)49-38)17-46-35(54)20-62-21-47-39(56)25(6)48-40(57)37(22(2)3)50-34(53)11-9-8-10-12-51-36(55)13-23(4)41(51)58/h14-16,22-23,25,37,61H,7-13,17-21H2,1-6H3,(H,46,54)(H,47,56)(H,48,57)(H,50,53)/t23?,25-,37-,44-/m0/s1. The molecule has 63 heavy (non-hydrogen) atoms. The lowest BCUT2D eigenvalue weighted by Gasteiger charge is -2.31. The number of fused-ring (bicyclic) bond motifs is 5. The number of halogens is 1. The smallest absolute Gasteiger partial charge is 0.343 e. The van der Waals surface area contributed by atoms with Gasteiger partial charge in [-0.3, -0.25) is 38.5 Å². The van der Waals surface area contributed by atoms with E-state index < -0.39 is 59.4 Å². The van der Waals surface area contributed by atoms with Crippen LogP contribution < -0.4 is 26.8 Å². The number of ether oxygens (including phenoxy) is 2. The number of aliphatic hydroxyl groups is 1. The number of nitrogens with zero attached hydrogens (tertiary/aromatic N) is 3. The molecule has 0 aliphatic carbocycles. The van der Waals surface area contributed by atoms with E-state index in [1.165, 1.54) is 22.5 Å². The van der Waals surface area contributed by atoms with Gasteiger partial charge in [0.05, 0.1) is 29.0 Å². The Morgan fingerprint density at radius 3 is 2.44 bits per heavy atom. The third-order valence-corrected chi connectivity index (χ3v) is 12.0. The van der Waals surface area contributed by atoms with Crippen LogP contribution in [-0.4, -0.2) is 92.9 Å². The molecular formula is C44H54FN7O11. The molecule has 0 bridgehead atoms. The van der Waals surface area contributed by atoms with Crippen LogP contribution in [-0.2, 0) is 68.3 Å². The highest BCUT2D eigenvalue weighted by Gasteiger charge is 2.45. The average molecular weight is 876 g/mol. The number of likely N-dealkylation sites (tertiary alicyclic amines) is 1. The van der Waals surface area contributed by atoms with Crippen molar-refractivity contribution >= 4 is 52.3 Å². The molecule has 1 saturated heterocycles. The maximum atomic E-state index is 15.3. The van der Waals surface area contributed by atoms with Gasteiger partial charge >= 0.3 is 5.97 Å². The van der Waals surface area contributed by atoms with E-state index in [4.69, 9.17) is 14.5 Å². The molecule has 6 amide bonds. The maximum Gasteiger partial charge on any atom is 0.343 e. The number of pyridine rings is 2. The predicted molar refractivity (Wildman–Crippen MR) is 223 cm³/mol. The number of rotatable bonds is 18. The van der Waals surface area contributed by atoms with Gasteiger partial charge in [0.25, 0.3) is 5.56 Å². The number of imide groups is 1. The first kappa shape index (κ1) is 46.4. The Morgan fingerprint density at radius 1 is 1.02 bits per heavy atom. The van der Waals surface area contributed by atoms with Crippen molar-refractivity contribution < 1.29 is 52.5 Å². The zero-order valence-corrected chi connectivity index (χ0v) is 36.3. The fourth-order valence-electron chi connectivity index (χ4n) is 8.11. The Kier molecular flexibility index (Phi) is 14.1. The number of cyclic esters (lactones) is 1. The number of carbonyl (C=O) groups excluding carboxylic acids is 7. The van der Waals surface area contributed by atoms with Crippen LogP contribution in [0.2, 0.25) is 0 Å². The second-order valence-electron chi connectivity index (χ2n) is 16.8. The summed E-state index contributed by atoms with van der Waals surface area (Å²) in [4.78, 5) is 107. The summed E-state index contributed by atoms with van der Waals surface area (Å²) in [5.41, 5.74) is 0.327. The molecule has 1 aromatic carbocycles. The van der Waals surface area contributed by atoms with Crippen LogP contribution in [0.1, 0.15) is 101 Å². The first-order valence-corrected chi connectivity index (χ1v) is 21.2.